The van der Waals surface area contributed by atoms with Crippen LogP contribution in [-0.2, 0) is 18.4 Å². The first-order valence-electron chi connectivity index (χ1n) is 10.1. The summed E-state index contributed by atoms with van der Waals surface area (Å²) in [5, 5.41) is 6.49. The first-order chi connectivity index (χ1) is 14.0. The van der Waals surface area contributed by atoms with E-state index in [-0.39, 0.29) is 17.4 Å². The number of pyridine rings is 1. The highest BCUT2D eigenvalue weighted by Crippen LogP contribution is 2.38. The number of aromatic nitrogens is 3. The minimum atomic E-state index is -0.469. The van der Waals surface area contributed by atoms with Crippen LogP contribution in [0.1, 0.15) is 35.5 Å². The maximum absolute atomic E-state index is 13.2. The summed E-state index contributed by atoms with van der Waals surface area (Å²) < 4.78 is 3.77. The number of nitrogens with zero attached hydrogens (tertiary/aromatic N) is 3. The molecule has 1 aromatic carbocycles. The van der Waals surface area contributed by atoms with Crippen molar-refractivity contribution in [1.29, 1.82) is 0 Å². The van der Waals surface area contributed by atoms with E-state index in [4.69, 9.17) is 0 Å². The van der Waals surface area contributed by atoms with E-state index in [0.717, 1.165) is 47.6 Å². The standard InChI is InChI=1S/C22H25N5O2/c1-13-25-17-8-14(6-7-19(17)26(13)2)10-24-22(29)21-16-9-15(11-23-12-16)18-4-3-5-20(28)27(18)21/h3-8,15-16,21,23H,9-12H2,1-2H3,(H,24,29)/t15-,16+,21-/m1/s1. The molecule has 2 aliphatic rings. The number of fused-ring (bicyclic) bond motifs is 5. The zero-order chi connectivity index (χ0) is 20.1. The number of nitrogens with one attached hydrogen (secondary N) is 2. The van der Waals surface area contributed by atoms with Crippen LogP contribution in [0.5, 0.6) is 0 Å². The smallest absolute Gasteiger partial charge is 0.251 e. The molecule has 7 heteroatoms. The lowest BCUT2D eigenvalue weighted by molar-refractivity contribution is -0.127. The first kappa shape index (κ1) is 18.1. The summed E-state index contributed by atoms with van der Waals surface area (Å²) in [5.41, 5.74) is 3.87. The average Bonchev–Trinajstić information content (AvgIpc) is 3.00. The van der Waals surface area contributed by atoms with Crippen LogP contribution in [0.25, 0.3) is 11.0 Å². The monoisotopic (exact) mass is 391 g/mol. The third-order valence-corrected chi connectivity index (χ3v) is 6.45. The number of amides is 1. The Kier molecular flexibility index (Phi) is 4.28. The molecule has 0 saturated carbocycles. The second-order valence-electron chi connectivity index (χ2n) is 8.21. The Morgan fingerprint density at radius 1 is 1.28 bits per heavy atom. The number of imidazole rings is 1. The van der Waals surface area contributed by atoms with Gasteiger partial charge in [0, 0.05) is 50.3 Å². The number of aryl methyl sites for hydroxylation is 2. The van der Waals surface area contributed by atoms with Crippen LogP contribution in [0.3, 0.4) is 0 Å². The van der Waals surface area contributed by atoms with Gasteiger partial charge < -0.3 is 15.2 Å². The predicted octanol–water partition coefficient (Wildman–Crippen LogP) is 1.61. The highest BCUT2D eigenvalue weighted by molar-refractivity contribution is 5.81. The summed E-state index contributed by atoms with van der Waals surface area (Å²) in [7, 11) is 2.00. The van der Waals surface area contributed by atoms with Gasteiger partial charge in [0.15, 0.2) is 0 Å². The molecule has 2 N–H and O–H groups in total. The van der Waals surface area contributed by atoms with Gasteiger partial charge in [-0.3, -0.25) is 14.2 Å². The molecular formula is C22H25N5O2. The van der Waals surface area contributed by atoms with Crippen molar-refractivity contribution < 1.29 is 4.79 Å². The van der Waals surface area contributed by atoms with Crippen LogP contribution >= 0.6 is 0 Å². The molecule has 0 radical (unpaired) electrons. The third-order valence-electron chi connectivity index (χ3n) is 6.45. The lowest BCUT2D eigenvalue weighted by Gasteiger charge is -2.42. The summed E-state index contributed by atoms with van der Waals surface area (Å²) in [6.45, 7) is 4.01. The Morgan fingerprint density at radius 3 is 3.00 bits per heavy atom. The van der Waals surface area contributed by atoms with E-state index in [1.54, 1.807) is 16.7 Å². The van der Waals surface area contributed by atoms with Crippen molar-refractivity contribution in [2.24, 2.45) is 13.0 Å². The number of hydrogen-bond donors (Lipinski definition) is 2. The van der Waals surface area contributed by atoms with Gasteiger partial charge in [-0.1, -0.05) is 12.1 Å². The van der Waals surface area contributed by atoms with Gasteiger partial charge in [0.1, 0.15) is 11.9 Å². The van der Waals surface area contributed by atoms with Crippen LogP contribution in [0, 0.1) is 12.8 Å². The molecule has 0 unspecified atom stereocenters. The molecular weight excluding hydrogens is 366 g/mol. The van der Waals surface area contributed by atoms with Crippen LogP contribution < -0.4 is 16.2 Å². The Balaban J connectivity index is 1.41. The largest absolute Gasteiger partial charge is 0.350 e. The zero-order valence-corrected chi connectivity index (χ0v) is 16.7. The molecule has 0 spiro atoms. The zero-order valence-electron chi connectivity index (χ0n) is 16.7. The number of hydrogen-bond acceptors (Lipinski definition) is 4. The molecule has 29 heavy (non-hydrogen) atoms. The van der Waals surface area contributed by atoms with Crippen LogP contribution in [-0.4, -0.2) is 33.1 Å². The first-order valence-corrected chi connectivity index (χ1v) is 10.1. The van der Waals surface area contributed by atoms with Crippen molar-refractivity contribution >= 4 is 16.9 Å². The highest BCUT2D eigenvalue weighted by atomic mass is 16.2. The minimum absolute atomic E-state index is 0.0929. The third kappa shape index (κ3) is 2.97. The lowest BCUT2D eigenvalue weighted by atomic mass is 9.79. The second-order valence-corrected chi connectivity index (χ2v) is 8.21. The molecule has 2 bridgehead atoms. The number of rotatable bonds is 3. The highest BCUT2D eigenvalue weighted by Gasteiger charge is 2.41. The van der Waals surface area contributed by atoms with Crippen molar-refractivity contribution in [3.63, 3.8) is 0 Å². The SMILES string of the molecule is Cc1nc2cc(CNC(=O)[C@H]3[C@@H]4CNC[C@@H](C4)c4cccc(=O)n43)ccc2n1C. The quantitative estimate of drug-likeness (QED) is 0.711. The van der Waals surface area contributed by atoms with Crippen molar-refractivity contribution in [2.75, 3.05) is 13.1 Å². The van der Waals surface area contributed by atoms with E-state index in [2.05, 4.69) is 20.2 Å². The molecule has 1 fully saturated rings. The fraction of sp³-hybridized carbons (Fsp3) is 0.409. The van der Waals surface area contributed by atoms with Gasteiger partial charge in [0.05, 0.1) is 11.0 Å². The Hall–Kier alpha value is -2.93. The maximum atomic E-state index is 13.2. The fourth-order valence-electron chi connectivity index (χ4n) is 4.90. The van der Waals surface area contributed by atoms with E-state index < -0.39 is 6.04 Å². The molecule has 3 atom stereocenters. The fourth-order valence-corrected chi connectivity index (χ4v) is 4.90. The van der Waals surface area contributed by atoms with E-state index in [1.165, 1.54) is 0 Å². The molecule has 7 nitrogen and oxygen atoms in total. The van der Waals surface area contributed by atoms with Gasteiger partial charge in [0.2, 0.25) is 5.91 Å². The topological polar surface area (TPSA) is 81.0 Å². The molecule has 1 amide bonds. The van der Waals surface area contributed by atoms with E-state index in [9.17, 15) is 9.59 Å². The van der Waals surface area contributed by atoms with Crippen LogP contribution in [0.15, 0.2) is 41.2 Å². The van der Waals surface area contributed by atoms with Gasteiger partial charge in [-0.05, 0) is 37.1 Å². The summed E-state index contributed by atoms with van der Waals surface area (Å²) in [6.07, 6.45) is 0.938. The van der Waals surface area contributed by atoms with Crippen molar-refractivity contribution in [2.45, 2.75) is 31.8 Å². The minimum Gasteiger partial charge on any atom is -0.350 e. The summed E-state index contributed by atoms with van der Waals surface area (Å²) >= 11 is 0. The summed E-state index contributed by atoms with van der Waals surface area (Å²) in [5.74, 6) is 1.28. The number of benzene rings is 1. The van der Waals surface area contributed by atoms with Crippen molar-refractivity contribution in [3.8, 4) is 0 Å². The molecule has 3 aromatic rings. The number of piperidine rings is 1. The van der Waals surface area contributed by atoms with Gasteiger partial charge in [-0.2, -0.15) is 0 Å². The molecule has 0 aliphatic carbocycles. The van der Waals surface area contributed by atoms with Gasteiger partial charge >= 0.3 is 0 Å². The van der Waals surface area contributed by atoms with Gasteiger partial charge in [-0.25, -0.2) is 4.98 Å². The second kappa shape index (κ2) is 6.84. The Bertz CT molecular complexity index is 1160. The normalized spacial score (nSPS) is 23.0. The van der Waals surface area contributed by atoms with Crippen LogP contribution in [0.2, 0.25) is 0 Å². The molecule has 4 heterocycles. The van der Waals surface area contributed by atoms with Crippen molar-refractivity contribution in [3.05, 3.63) is 63.8 Å². The van der Waals surface area contributed by atoms with E-state index in [0.29, 0.717) is 12.5 Å². The lowest BCUT2D eigenvalue weighted by Crippen LogP contribution is -2.52. The summed E-state index contributed by atoms with van der Waals surface area (Å²) in [4.78, 5) is 30.4. The van der Waals surface area contributed by atoms with Crippen LogP contribution in [0.4, 0.5) is 0 Å². The Labute approximate surface area is 168 Å². The molecule has 2 aliphatic heterocycles. The predicted molar refractivity (Wildman–Crippen MR) is 111 cm³/mol. The number of carbonyl (C=O) groups excluding carboxylic acids is 1. The van der Waals surface area contributed by atoms with Gasteiger partial charge in [-0.15, -0.1) is 0 Å². The van der Waals surface area contributed by atoms with Gasteiger partial charge in [0.25, 0.3) is 5.56 Å². The summed E-state index contributed by atoms with van der Waals surface area (Å²) in [6, 6.07) is 10.9. The Morgan fingerprint density at radius 2 is 2.14 bits per heavy atom. The maximum Gasteiger partial charge on any atom is 0.251 e. The van der Waals surface area contributed by atoms with Crippen molar-refractivity contribution in [1.82, 2.24) is 24.8 Å². The van der Waals surface area contributed by atoms with E-state index in [1.807, 2.05) is 38.2 Å². The average molecular weight is 391 g/mol. The van der Waals surface area contributed by atoms with E-state index >= 15 is 0 Å². The number of carbonyl (C=O) groups is 1. The molecule has 5 rings (SSSR count). The molecule has 1 saturated heterocycles. The molecule has 2 aromatic heterocycles. The molecule has 150 valence electrons.